The van der Waals surface area contributed by atoms with E-state index in [0.29, 0.717) is 5.76 Å². The minimum absolute atomic E-state index is 0.234. The number of Topliss-reactive ketones (excluding diaryl/α,β-unsaturated/α-hetero) is 1. The van der Waals surface area contributed by atoms with Gasteiger partial charge in [-0.05, 0) is 44.1 Å². The third kappa shape index (κ3) is 2.25. The Morgan fingerprint density at radius 3 is 2.56 bits per heavy atom. The van der Waals surface area contributed by atoms with E-state index in [1.165, 1.54) is 49.7 Å². The van der Waals surface area contributed by atoms with Gasteiger partial charge in [0.05, 0.1) is 6.26 Å². The number of hydrogen-bond acceptors (Lipinski definition) is 2. The Hall–Kier alpha value is -1.05. The first-order chi connectivity index (χ1) is 8.86. The molecule has 2 aliphatic rings. The molecule has 0 bridgehead atoms. The van der Waals surface area contributed by atoms with Crippen LogP contribution < -0.4 is 0 Å². The monoisotopic (exact) mass is 246 g/mol. The molecule has 0 saturated heterocycles. The number of aryl methyl sites for hydroxylation is 1. The number of hydrogen-bond donors (Lipinski definition) is 0. The lowest BCUT2D eigenvalue weighted by Gasteiger charge is -2.19. The van der Waals surface area contributed by atoms with Crippen LogP contribution in [0.4, 0.5) is 0 Å². The average molecular weight is 246 g/mol. The summed E-state index contributed by atoms with van der Waals surface area (Å²) in [5.74, 6) is 1.23. The van der Waals surface area contributed by atoms with Crippen LogP contribution in [0.3, 0.4) is 0 Å². The Labute approximate surface area is 109 Å². The normalized spacial score (nSPS) is 21.3. The van der Waals surface area contributed by atoms with E-state index >= 15 is 0 Å². The smallest absolute Gasteiger partial charge is 0.201 e. The zero-order valence-electron chi connectivity index (χ0n) is 11.0. The lowest BCUT2D eigenvalue weighted by Crippen LogP contribution is -2.18. The predicted octanol–water partition coefficient (Wildman–Crippen LogP) is 4.31. The second kappa shape index (κ2) is 5.29. The molecule has 98 valence electrons. The molecule has 1 heterocycles. The van der Waals surface area contributed by atoms with Gasteiger partial charge in [-0.3, -0.25) is 4.79 Å². The maximum atomic E-state index is 12.6. The molecule has 1 aromatic heterocycles. The fourth-order valence-electron chi connectivity index (χ4n) is 3.45. The quantitative estimate of drug-likeness (QED) is 0.575. The number of carbonyl (C=O) groups excluding carboxylic acids is 1. The SMILES string of the molecule is O=C(c1occ2c1CCCCC2)C1CCCCC1. The second-order valence-corrected chi connectivity index (χ2v) is 5.83. The van der Waals surface area contributed by atoms with Crippen molar-refractivity contribution in [2.45, 2.75) is 64.2 Å². The van der Waals surface area contributed by atoms with Crippen molar-refractivity contribution >= 4 is 5.78 Å². The molecule has 2 nitrogen and oxygen atoms in total. The lowest BCUT2D eigenvalue weighted by molar-refractivity contribution is 0.0859. The predicted molar refractivity (Wildman–Crippen MR) is 70.9 cm³/mol. The van der Waals surface area contributed by atoms with Crippen molar-refractivity contribution in [3.8, 4) is 0 Å². The van der Waals surface area contributed by atoms with Crippen molar-refractivity contribution in [2.75, 3.05) is 0 Å². The first kappa shape index (κ1) is 12.0. The number of rotatable bonds is 2. The Morgan fingerprint density at radius 2 is 1.72 bits per heavy atom. The first-order valence-corrected chi connectivity index (χ1v) is 7.49. The van der Waals surface area contributed by atoms with Gasteiger partial charge in [0.1, 0.15) is 0 Å². The van der Waals surface area contributed by atoms with Crippen LogP contribution in [0.15, 0.2) is 10.7 Å². The van der Waals surface area contributed by atoms with Gasteiger partial charge in [-0.15, -0.1) is 0 Å². The summed E-state index contributed by atoms with van der Waals surface area (Å²) in [4.78, 5) is 12.6. The highest BCUT2D eigenvalue weighted by molar-refractivity contribution is 5.97. The summed E-state index contributed by atoms with van der Waals surface area (Å²) in [5.41, 5.74) is 2.54. The molecule has 0 radical (unpaired) electrons. The van der Waals surface area contributed by atoms with Crippen LogP contribution in [0.2, 0.25) is 0 Å². The summed E-state index contributed by atoms with van der Waals surface area (Å²) in [6, 6.07) is 0. The maximum Gasteiger partial charge on any atom is 0.201 e. The fourth-order valence-corrected chi connectivity index (χ4v) is 3.45. The summed E-state index contributed by atoms with van der Waals surface area (Å²) in [6.07, 6.45) is 13.5. The molecule has 0 aliphatic heterocycles. The van der Waals surface area contributed by atoms with E-state index < -0.39 is 0 Å². The van der Waals surface area contributed by atoms with Crippen LogP contribution >= 0.6 is 0 Å². The summed E-state index contributed by atoms with van der Waals surface area (Å²) in [6.45, 7) is 0. The van der Waals surface area contributed by atoms with Gasteiger partial charge >= 0.3 is 0 Å². The molecular weight excluding hydrogens is 224 g/mol. The van der Waals surface area contributed by atoms with Crippen LogP contribution in [0.25, 0.3) is 0 Å². The highest BCUT2D eigenvalue weighted by Gasteiger charge is 2.28. The molecule has 0 amide bonds. The largest absolute Gasteiger partial charge is 0.461 e. The minimum atomic E-state index is 0.234. The number of carbonyl (C=O) groups is 1. The highest BCUT2D eigenvalue weighted by atomic mass is 16.3. The van der Waals surface area contributed by atoms with Gasteiger partial charge < -0.3 is 4.42 Å². The molecule has 2 heteroatoms. The molecule has 1 fully saturated rings. The van der Waals surface area contributed by atoms with Crippen molar-refractivity contribution in [1.82, 2.24) is 0 Å². The number of ketones is 1. The molecule has 0 atom stereocenters. The molecule has 1 aromatic rings. The van der Waals surface area contributed by atoms with E-state index in [1.807, 2.05) is 6.26 Å². The molecule has 3 rings (SSSR count). The molecule has 0 unspecified atom stereocenters. The minimum Gasteiger partial charge on any atom is -0.461 e. The number of fused-ring (bicyclic) bond motifs is 1. The van der Waals surface area contributed by atoms with Gasteiger partial charge in [0, 0.05) is 11.5 Å². The van der Waals surface area contributed by atoms with Crippen molar-refractivity contribution in [3.63, 3.8) is 0 Å². The molecule has 0 N–H and O–H groups in total. The van der Waals surface area contributed by atoms with Gasteiger partial charge in [0.25, 0.3) is 0 Å². The molecule has 18 heavy (non-hydrogen) atoms. The highest BCUT2D eigenvalue weighted by Crippen LogP contribution is 2.31. The van der Waals surface area contributed by atoms with Crippen molar-refractivity contribution < 1.29 is 9.21 Å². The Morgan fingerprint density at radius 1 is 1.00 bits per heavy atom. The van der Waals surface area contributed by atoms with Crippen LogP contribution in [0, 0.1) is 5.92 Å². The van der Waals surface area contributed by atoms with E-state index in [-0.39, 0.29) is 11.7 Å². The summed E-state index contributed by atoms with van der Waals surface area (Å²) in [5, 5.41) is 0. The Kier molecular flexibility index (Phi) is 3.53. The summed E-state index contributed by atoms with van der Waals surface area (Å²) in [7, 11) is 0. The Bertz CT molecular complexity index is 424. The topological polar surface area (TPSA) is 30.2 Å². The van der Waals surface area contributed by atoms with Gasteiger partial charge in [-0.2, -0.15) is 0 Å². The molecule has 1 saturated carbocycles. The first-order valence-electron chi connectivity index (χ1n) is 7.49. The van der Waals surface area contributed by atoms with E-state index in [2.05, 4.69) is 0 Å². The zero-order valence-corrected chi connectivity index (χ0v) is 11.0. The Balaban J connectivity index is 1.83. The van der Waals surface area contributed by atoms with Crippen molar-refractivity contribution in [2.24, 2.45) is 5.92 Å². The van der Waals surface area contributed by atoms with Gasteiger partial charge in [0.15, 0.2) is 5.76 Å². The third-order valence-corrected chi connectivity index (χ3v) is 4.55. The van der Waals surface area contributed by atoms with E-state index in [1.54, 1.807) is 0 Å². The van der Waals surface area contributed by atoms with Crippen molar-refractivity contribution in [3.05, 3.63) is 23.2 Å². The second-order valence-electron chi connectivity index (χ2n) is 5.83. The van der Waals surface area contributed by atoms with E-state index in [0.717, 1.165) is 25.7 Å². The zero-order chi connectivity index (χ0) is 12.4. The van der Waals surface area contributed by atoms with Crippen molar-refractivity contribution in [1.29, 1.82) is 0 Å². The maximum absolute atomic E-state index is 12.6. The lowest BCUT2D eigenvalue weighted by atomic mass is 9.84. The van der Waals surface area contributed by atoms with Crippen LogP contribution in [0.5, 0.6) is 0 Å². The molecule has 0 aromatic carbocycles. The van der Waals surface area contributed by atoms with Crippen LogP contribution in [-0.4, -0.2) is 5.78 Å². The molecule has 0 spiro atoms. The van der Waals surface area contributed by atoms with E-state index in [9.17, 15) is 4.79 Å². The fraction of sp³-hybridized carbons (Fsp3) is 0.688. The summed E-state index contributed by atoms with van der Waals surface area (Å²) < 4.78 is 5.64. The van der Waals surface area contributed by atoms with E-state index in [4.69, 9.17) is 4.42 Å². The third-order valence-electron chi connectivity index (χ3n) is 4.55. The number of furan rings is 1. The molecule has 2 aliphatic carbocycles. The van der Waals surface area contributed by atoms with Gasteiger partial charge in [0.2, 0.25) is 5.78 Å². The van der Waals surface area contributed by atoms with Gasteiger partial charge in [-0.1, -0.05) is 25.7 Å². The van der Waals surface area contributed by atoms with Crippen LogP contribution in [0.1, 0.15) is 73.0 Å². The van der Waals surface area contributed by atoms with Crippen LogP contribution in [-0.2, 0) is 12.8 Å². The standard InChI is InChI=1S/C16H22O2/c17-15(12-7-3-1-4-8-12)16-14-10-6-2-5-9-13(14)11-18-16/h11-12H,1-10H2. The average Bonchev–Trinajstić information content (AvgIpc) is 2.68. The van der Waals surface area contributed by atoms with Gasteiger partial charge in [-0.25, -0.2) is 0 Å². The molecular formula is C16H22O2. The summed E-state index contributed by atoms with van der Waals surface area (Å²) >= 11 is 0.